The van der Waals surface area contributed by atoms with Gasteiger partial charge in [0, 0.05) is 10.0 Å². The Morgan fingerprint density at radius 2 is 1.70 bits per heavy atom. The number of nitrogens with two attached hydrogens (primary N) is 1. The summed E-state index contributed by atoms with van der Waals surface area (Å²) in [5.74, 6) is 0.0721. The van der Waals surface area contributed by atoms with Gasteiger partial charge in [0.15, 0.2) is 0 Å². The molecule has 0 aliphatic heterocycles. The number of hydrogen-bond donors (Lipinski definition) is 2. The number of nitrogen functional groups attached to an aromatic ring is 1. The van der Waals surface area contributed by atoms with Crippen LogP contribution in [-0.4, -0.2) is 5.84 Å². The smallest absolute Gasteiger partial charge is 0.123 e. The van der Waals surface area contributed by atoms with Gasteiger partial charge >= 0.3 is 0 Å². The molecular formula is C15H16BrClN2O. The lowest BCUT2D eigenvalue weighted by Gasteiger charge is -2.09. The minimum absolute atomic E-state index is 0. The predicted octanol–water partition coefficient (Wildman–Crippen LogP) is 3.87. The van der Waals surface area contributed by atoms with Crippen molar-refractivity contribution >= 4 is 34.2 Å². The quantitative estimate of drug-likeness (QED) is 0.632. The second-order valence-corrected chi connectivity index (χ2v) is 5.11. The van der Waals surface area contributed by atoms with Crippen LogP contribution in [0.4, 0.5) is 0 Å². The van der Waals surface area contributed by atoms with E-state index in [0.29, 0.717) is 13.2 Å². The van der Waals surface area contributed by atoms with Crippen molar-refractivity contribution in [2.75, 3.05) is 0 Å². The second-order valence-electron chi connectivity index (χ2n) is 4.19. The van der Waals surface area contributed by atoms with Crippen LogP contribution in [0.1, 0.15) is 16.7 Å². The van der Waals surface area contributed by atoms with Crippen molar-refractivity contribution in [2.24, 2.45) is 5.73 Å². The van der Waals surface area contributed by atoms with E-state index in [9.17, 15) is 0 Å². The molecule has 0 spiro atoms. The Bertz CT molecular complexity index is 572. The molecule has 0 aliphatic carbocycles. The van der Waals surface area contributed by atoms with Crippen molar-refractivity contribution in [3.05, 3.63) is 69.7 Å². The molecule has 20 heavy (non-hydrogen) atoms. The standard InChI is InChI=1S/C15H15BrN2O.ClH/c16-13-7-5-11(6-8-13)9-19-10-12-3-1-2-4-14(12)15(17)18;/h1-8H,9-10H2,(H3,17,18);1H. The van der Waals surface area contributed by atoms with Gasteiger partial charge in [0.1, 0.15) is 5.84 Å². The first-order chi connectivity index (χ1) is 9.16. The molecule has 0 radical (unpaired) electrons. The number of rotatable bonds is 5. The molecule has 3 N–H and O–H groups in total. The molecule has 2 aromatic rings. The van der Waals surface area contributed by atoms with Crippen LogP contribution >= 0.6 is 28.3 Å². The van der Waals surface area contributed by atoms with Crippen LogP contribution in [0.5, 0.6) is 0 Å². The Kier molecular flexibility index (Phi) is 6.71. The minimum atomic E-state index is 0. The molecule has 0 saturated carbocycles. The van der Waals surface area contributed by atoms with Crippen molar-refractivity contribution in [1.82, 2.24) is 0 Å². The summed E-state index contributed by atoms with van der Waals surface area (Å²) in [6, 6.07) is 15.6. The van der Waals surface area contributed by atoms with Crippen LogP contribution in [0, 0.1) is 5.41 Å². The predicted molar refractivity (Wildman–Crippen MR) is 87.3 cm³/mol. The summed E-state index contributed by atoms with van der Waals surface area (Å²) in [7, 11) is 0. The van der Waals surface area contributed by atoms with E-state index in [1.807, 2.05) is 48.5 Å². The fourth-order valence-corrected chi connectivity index (χ4v) is 2.03. The summed E-state index contributed by atoms with van der Waals surface area (Å²) in [5.41, 5.74) is 8.32. The van der Waals surface area contributed by atoms with Gasteiger partial charge < -0.3 is 10.5 Å². The molecule has 0 fully saturated rings. The van der Waals surface area contributed by atoms with E-state index in [1.165, 1.54) is 0 Å². The Labute approximate surface area is 133 Å². The largest absolute Gasteiger partial charge is 0.384 e. The summed E-state index contributed by atoms with van der Waals surface area (Å²) in [6.45, 7) is 0.991. The molecule has 106 valence electrons. The van der Waals surface area contributed by atoms with Gasteiger partial charge in [-0.3, -0.25) is 5.41 Å². The Morgan fingerprint density at radius 1 is 1.05 bits per heavy atom. The fourth-order valence-electron chi connectivity index (χ4n) is 1.77. The third-order valence-electron chi connectivity index (χ3n) is 2.75. The highest BCUT2D eigenvalue weighted by atomic mass is 79.9. The van der Waals surface area contributed by atoms with Gasteiger partial charge in [0.05, 0.1) is 13.2 Å². The molecule has 0 unspecified atom stereocenters. The SMILES string of the molecule is Cl.N=C(N)c1ccccc1COCc1ccc(Br)cc1. The third kappa shape index (κ3) is 4.63. The molecule has 5 heteroatoms. The van der Waals surface area contributed by atoms with Crippen molar-refractivity contribution in [2.45, 2.75) is 13.2 Å². The highest BCUT2D eigenvalue weighted by molar-refractivity contribution is 9.10. The molecule has 0 amide bonds. The molecule has 0 saturated heterocycles. The zero-order valence-electron chi connectivity index (χ0n) is 10.8. The number of ether oxygens (including phenoxy) is 1. The van der Waals surface area contributed by atoms with E-state index < -0.39 is 0 Å². The molecule has 0 aromatic heterocycles. The van der Waals surface area contributed by atoms with E-state index >= 15 is 0 Å². The van der Waals surface area contributed by atoms with Gasteiger partial charge in [-0.2, -0.15) is 0 Å². The lowest BCUT2D eigenvalue weighted by atomic mass is 10.1. The van der Waals surface area contributed by atoms with Gasteiger partial charge in [0.25, 0.3) is 0 Å². The molecule has 0 aliphatic rings. The molecule has 0 atom stereocenters. The molecule has 0 heterocycles. The van der Waals surface area contributed by atoms with Gasteiger partial charge in [0.2, 0.25) is 0 Å². The molecule has 3 nitrogen and oxygen atoms in total. The lowest BCUT2D eigenvalue weighted by molar-refractivity contribution is 0.107. The van der Waals surface area contributed by atoms with Gasteiger partial charge in [-0.15, -0.1) is 12.4 Å². The van der Waals surface area contributed by atoms with Crippen LogP contribution < -0.4 is 5.73 Å². The second kappa shape index (κ2) is 8.04. The van der Waals surface area contributed by atoms with E-state index in [0.717, 1.165) is 21.2 Å². The Morgan fingerprint density at radius 3 is 2.35 bits per heavy atom. The van der Waals surface area contributed by atoms with Crippen LogP contribution in [0.25, 0.3) is 0 Å². The van der Waals surface area contributed by atoms with Gasteiger partial charge in [-0.1, -0.05) is 52.3 Å². The maximum Gasteiger partial charge on any atom is 0.123 e. The minimum Gasteiger partial charge on any atom is -0.384 e. The van der Waals surface area contributed by atoms with Crippen molar-refractivity contribution < 1.29 is 4.74 Å². The van der Waals surface area contributed by atoms with Gasteiger partial charge in [-0.05, 0) is 23.3 Å². The van der Waals surface area contributed by atoms with Gasteiger partial charge in [-0.25, -0.2) is 0 Å². The number of nitrogens with one attached hydrogen (secondary N) is 1. The van der Waals surface area contributed by atoms with Crippen molar-refractivity contribution in [1.29, 1.82) is 5.41 Å². The lowest BCUT2D eigenvalue weighted by Crippen LogP contribution is -2.14. The summed E-state index contributed by atoms with van der Waals surface area (Å²) < 4.78 is 6.72. The van der Waals surface area contributed by atoms with Crippen LogP contribution in [0.2, 0.25) is 0 Å². The zero-order valence-corrected chi connectivity index (χ0v) is 13.2. The van der Waals surface area contributed by atoms with E-state index in [1.54, 1.807) is 0 Å². The molecule has 2 rings (SSSR count). The van der Waals surface area contributed by atoms with Crippen LogP contribution in [-0.2, 0) is 18.0 Å². The average molecular weight is 356 g/mol. The number of amidine groups is 1. The highest BCUT2D eigenvalue weighted by Gasteiger charge is 2.04. The first-order valence-corrected chi connectivity index (χ1v) is 6.70. The zero-order chi connectivity index (χ0) is 13.7. The molecular weight excluding hydrogens is 340 g/mol. The molecule has 2 aromatic carbocycles. The molecule has 0 bridgehead atoms. The van der Waals surface area contributed by atoms with E-state index in [2.05, 4.69) is 15.9 Å². The Balaban J connectivity index is 0.00000200. The Hall–Kier alpha value is -1.36. The fraction of sp³-hybridized carbons (Fsp3) is 0.133. The normalized spacial score (nSPS) is 9.85. The van der Waals surface area contributed by atoms with E-state index in [-0.39, 0.29) is 18.2 Å². The van der Waals surface area contributed by atoms with Crippen LogP contribution in [0.15, 0.2) is 53.0 Å². The third-order valence-corrected chi connectivity index (χ3v) is 3.28. The van der Waals surface area contributed by atoms with Crippen molar-refractivity contribution in [3.63, 3.8) is 0 Å². The first-order valence-electron chi connectivity index (χ1n) is 5.91. The summed E-state index contributed by atoms with van der Waals surface area (Å²) >= 11 is 3.40. The monoisotopic (exact) mass is 354 g/mol. The topological polar surface area (TPSA) is 59.1 Å². The number of hydrogen-bond acceptors (Lipinski definition) is 2. The number of halogens is 2. The first kappa shape index (κ1) is 16.7. The maximum absolute atomic E-state index is 7.52. The van der Waals surface area contributed by atoms with Crippen LogP contribution in [0.3, 0.4) is 0 Å². The highest BCUT2D eigenvalue weighted by Crippen LogP contribution is 2.13. The summed E-state index contributed by atoms with van der Waals surface area (Å²) in [5, 5.41) is 7.52. The van der Waals surface area contributed by atoms with Crippen molar-refractivity contribution in [3.8, 4) is 0 Å². The van der Waals surface area contributed by atoms with E-state index in [4.69, 9.17) is 15.9 Å². The summed E-state index contributed by atoms with van der Waals surface area (Å²) in [4.78, 5) is 0. The summed E-state index contributed by atoms with van der Waals surface area (Å²) in [6.07, 6.45) is 0. The number of benzene rings is 2. The average Bonchev–Trinajstić information content (AvgIpc) is 2.41. The maximum atomic E-state index is 7.52.